The lowest BCUT2D eigenvalue weighted by Crippen LogP contribution is -2.25. The van der Waals surface area contributed by atoms with Crippen molar-refractivity contribution < 1.29 is 8.78 Å². The highest BCUT2D eigenvalue weighted by Crippen LogP contribution is 2.18. The van der Waals surface area contributed by atoms with Crippen LogP contribution in [0.25, 0.3) is 0 Å². The van der Waals surface area contributed by atoms with E-state index in [4.69, 9.17) is 0 Å². The van der Waals surface area contributed by atoms with Crippen molar-refractivity contribution in [2.45, 2.75) is 19.4 Å². The zero-order valence-corrected chi connectivity index (χ0v) is 11.0. The highest BCUT2D eigenvalue weighted by Gasteiger charge is 2.16. The number of imidazole rings is 1. The molecule has 2 aromatic rings. The summed E-state index contributed by atoms with van der Waals surface area (Å²) in [4.78, 5) is 4.30. The minimum absolute atomic E-state index is 0.0186. The van der Waals surface area contributed by atoms with Crippen molar-refractivity contribution in [1.29, 1.82) is 0 Å². The first-order valence-electron chi connectivity index (χ1n) is 6.26. The van der Waals surface area contributed by atoms with E-state index in [1.165, 1.54) is 6.07 Å². The summed E-state index contributed by atoms with van der Waals surface area (Å²) >= 11 is 0. The van der Waals surface area contributed by atoms with E-state index in [0.717, 1.165) is 24.0 Å². The van der Waals surface area contributed by atoms with Gasteiger partial charge in [0, 0.05) is 19.4 Å². The Morgan fingerprint density at radius 1 is 1.32 bits per heavy atom. The number of benzene rings is 1. The van der Waals surface area contributed by atoms with Crippen LogP contribution in [0.1, 0.15) is 24.4 Å². The molecule has 102 valence electrons. The molecule has 0 aliphatic heterocycles. The third-order valence-corrected chi connectivity index (χ3v) is 3.04. The SMILES string of the molecule is CCNC(Cc1ccc(F)c(F)c1)c1nccn1C. The van der Waals surface area contributed by atoms with Crippen LogP contribution in [0.2, 0.25) is 0 Å². The summed E-state index contributed by atoms with van der Waals surface area (Å²) in [5.74, 6) is -0.750. The largest absolute Gasteiger partial charge is 0.337 e. The first-order chi connectivity index (χ1) is 9.11. The van der Waals surface area contributed by atoms with Gasteiger partial charge < -0.3 is 9.88 Å². The van der Waals surface area contributed by atoms with Crippen LogP contribution >= 0.6 is 0 Å². The van der Waals surface area contributed by atoms with Crippen molar-refractivity contribution in [3.63, 3.8) is 0 Å². The summed E-state index contributed by atoms with van der Waals surface area (Å²) < 4.78 is 28.1. The van der Waals surface area contributed by atoms with Crippen molar-refractivity contribution in [2.24, 2.45) is 7.05 Å². The number of rotatable bonds is 5. The highest BCUT2D eigenvalue weighted by molar-refractivity contribution is 5.20. The summed E-state index contributed by atoms with van der Waals surface area (Å²) in [5.41, 5.74) is 0.743. The minimum atomic E-state index is -0.819. The lowest BCUT2D eigenvalue weighted by molar-refractivity contribution is 0.492. The van der Waals surface area contributed by atoms with Crippen LogP contribution in [0.15, 0.2) is 30.6 Å². The van der Waals surface area contributed by atoms with Gasteiger partial charge in [0.15, 0.2) is 11.6 Å². The number of nitrogens with one attached hydrogen (secondary N) is 1. The first-order valence-corrected chi connectivity index (χ1v) is 6.26. The van der Waals surface area contributed by atoms with Crippen LogP contribution in [0, 0.1) is 11.6 Å². The molecule has 1 atom stereocenters. The molecule has 0 aliphatic rings. The zero-order chi connectivity index (χ0) is 13.8. The van der Waals surface area contributed by atoms with Crippen LogP contribution in [-0.4, -0.2) is 16.1 Å². The molecule has 1 N–H and O–H groups in total. The normalized spacial score (nSPS) is 12.6. The van der Waals surface area contributed by atoms with Crippen molar-refractivity contribution in [3.8, 4) is 0 Å². The van der Waals surface area contributed by atoms with E-state index in [-0.39, 0.29) is 6.04 Å². The second kappa shape index (κ2) is 5.93. The molecule has 1 aromatic carbocycles. The average molecular weight is 265 g/mol. The maximum absolute atomic E-state index is 13.2. The molecular formula is C14H17F2N3. The average Bonchev–Trinajstić information content (AvgIpc) is 2.79. The van der Waals surface area contributed by atoms with Gasteiger partial charge in [-0.3, -0.25) is 0 Å². The Morgan fingerprint density at radius 2 is 2.11 bits per heavy atom. The summed E-state index contributed by atoms with van der Waals surface area (Å²) in [6.45, 7) is 2.78. The monoisotopic (exact) mass is 265 g/mol. The summed E-state index contributed by atoms with van der Waals surface area (Å²) in [5, 5.41) is 3.31. The lowest BCUT2D eigenvalue weighted by Gasteiger charge is -2.17. The molecular weight excluding hydrogens is 248 g/mol. The Kier molecular flexibility index (Phi) is 4.27. The van der Waals surface area contributed by atoms with Gasteiger partial charge in [-0.1, -0.05) is 13.0 Å². The van der Waals surface area contributed by atoms with Crippen LogP contribution in [0.5, 0.6) is 0 Å². The van der Waals surface area contributed by atoms with Gasteiger partial charge in [0.2, 0.25) is 0 Å². The second-order valence-electron chi connectivity index (χ2n) is 4.46. The standard InChI is InChI=1S/C14H17F2N3/c1-3-17-13(14-18-6-7-19(14)2)9-10-4-5-11(15)12(16)8-10/h4-8,13,17H,3,9H2,1-2H3. The van der Waals surface area contributed by atoms with E-state index in [1.807, 2.05) is 24.7 Å². The van der Waals surface area contributed by atoms with Crippen LogP contribution in [-0.2, 0) is 13.5 Å². The smallest absolute Gasteiger partial charge is 0.159 e. The summed E-state index contributed by atoms with van der Waals surface area (Å²) in [6.07, 6.45) is 4.16. The van der Waals surface area contributed by atoms with E-state index in [0.29, 0.717) is 6.42 Å². The summed E-state index contributed by atoms with van der Waals surface area (Å²) in [7, 11) is 1.91. The number of nitrogens with zero attached hydrogens (tertiary/aromatic N) is 2. The van der Waals surface area contributed by atoms with Crippen molar-refractivity contribution in [2.75, 3.05) is 6.54 Å². The maximum atomic E-state index is 13.2. The molecule has 0 saturated carbocycles. The second-order valence-corrected chi connectivity index (χ2v) is 4.46. The number of hydrogen-bond donors (Lipinski definition) is 1. The minimum Gasteiger partial charge on any atom is -0.337 e. The lowest BCUT2D eigenvalue weighted by atomic mass is 10.0. The van der Waals surface area contributed by atoms with Gasteiger partial charge in [-0.15, -0.1) is 0 Å². The van der Waals surface area contributed by atoms with Gasteiger partial charge in [0.25, 0.3) is 0 Å². The Balaban J connectivity index is 2.21. The number of hydrogen-bond acceptors (Lipinski definition) is 2. The van der Waals surface area contributed by atoms with Crippen molar-refractivity contribution in [1.82, 2.24) is 14.9 Å². The van der Waals surface area contributed by atoms with E-state index in [1.54, 1.807) is 12.3 Å². The molecule has 0 amide bonds. The molecule has 2 rings (SSSR count). The quantitative estimate of drug-likeness (QED) is 0.900. The molecule has 0 aliphatic carbocycles. The molecule has 0 spiro atoms. The molecule has 5 heteroatoms. The van der Waals surface area contributed by atoms with E-state index in [2.05, 4.69) is 10.3 Å². The molecule has 1 heterocycles. The fraction of sp³-hybridized carbons (Fsp3) is 0.357. The Labute approximate surface area is 111 Å². The predicted octanol–water partition coefficient (Wildman–Crippen LogP) is 2.59. The predicted molar refractivity (Wildman–Crippen MR) is 69.7 cm³/mol. The Morgan fingerprint density at radius 3 is 2.68 bits per heavy atom. The molecule has 0 saturated heterocycles. The number of halogens is 2. The van der Waals surface area contributed by atoms with Gasteiger partial charge >= 0.3 is 0 Å². The fourth-order valence-corrected chi connectivity index (χ4v) is 2.12. The number of likely N-dealkylation sites (N-methyl/N-ethyl adjacent to an activating group) is 1. The van der Waals surface area contributed by atoms with Crippen LogP contribution < -0.4 is 5.32 Å². The first kappa shape index (κ1) is 13.7. The van der Waals surface area contributed by atoms with Gasteiger partial charge in [0.05, 0.1) is 6.04 Å². The van der Waals surface area contributed by atoms with Crippen LogP contribution in [0.4, 0.5) is 8.78 Å². The molecule has 1 aromatic heterocycles. The number of aromatic nitrogens is 2. The number of aryl methyl sites for hydroxylation is 1. The highest BCUT2D eigenvalue weighted by atomic mass is 19.2. The Bertz CT molecular complexity index is 551. The van der Waals surface area contributed by atoms with Gasteiger partial charge in [-0.25, -0.2) is 13.8 Å². The third-order valence-electron chi connectivity index (χ3n) is 3.04. The van der Waals surface area contributed by atoms with Gasteiger partial charge in [0.1, 0.15) is 5.82 Å². The van der Waals surface area contributed by atoms with Crippen molar-refractivity contribution >= 4 is 0 Å². The fourth-order valence-electron chi connectivity index (χ4n) is 2.12. The maximum Gasteiger partial charge on any atom is 0.159 e. The molecule has 19 heavy (non-hydrogen) atoms. The molecule has 0 radical (unpaired) electrons. The third kappa shape index (κ3) is 3.17. The molecule has 1 unspecified atom stereocenters. The van der Waals surface area contributed by atoms with Crippen LogP contribution in [0.3, 0.4) is 0 Å². The van der Waals surface area contributed by atoms with E-state index >= 15 is 0 Å². The van der Waals surface area contributed by atoms with Gasteiger partial charge in [-0.05, 0) is 30.7 Å². The molecule has 0 fully saturated rings. The van der Waals surface area contributed by atoms with E-state index < -0.39 is 11.6 Å². The van der Waals surface area contributed by atoms with Crippen molar-refractivity contribution in [3.05, 3.63) is 53.6 Å². The molecule has 3 nitrogen and oxygen atoms in total. The van der Waals surface area contributed by atoms with E-state index in [9.17, 15) is 8.78 Å². The summed E-state index contributed by atoms with van der Waals surface area (Å²) in [6, 6.07) is 3.98. The Hall–Kier alpha value is -1.75. The zero-order valence-electron chi connectivity index (χ0n) is 11.0. The van der Waals surface area contributed by atoms with Gasteiger partial charge in [-0.2, -0.15) is 0 Å². The molecule has 0 bridgehead atoms. The topological polar surface area (TPSA) is 29.9 Å².